The molecule has 2 unspecified atom stereocenters. The molecule has 0 aromatic carbocycles. The number of hydrogen-bond acceptors (Lipinski definition) is 3. The number of nitrogens with two attached hydrogens (primary N) is 1. The predicted octanol–water partition coefficient (Wildman–Crippen LogP) is 1.79. The van der Waals surface area contributed by atoms with Crippen molar-refractivity contribution in [1.82, 2.24) is 15.5 Å². The van der Waals surface area contributed by atoms with E-state index < -0.39 is 0 Å². The first-order chi connectivity index (χ1) is 8.65. The highest BCUT2D eigenvalue weighted by atomic mass is 16.2. The summed E-state index contributed by atoms with van der Waals surface area (Å²) in [5.41, 5.74) is 7.85. The first-order valence-corrected chi connectivity index (χ1v) is 6.79. The molecule has 0 aliphatic heterocycles. The standard InChI is InChI=1S/C13H20N4O/c1-7-2-5-9(6-7)15-13(18)12-10(14)11(16-17-12)8-3-4-8/h7-9H,2-6,14H2,1H3,(H,15,18)(H,16,17). The second kappa shape index (κ2) is 4.30. The molecule has 3 rings (SSSR count). The summed E-state index contributed by atoms with van der Waals surface area (Å²) in [6, 6.07) is 0.285. The molecule has 2 aliphatic carbocycles. The van der Waals surface area contributed by atoms with Gasteiger partial charge in [-0.1, -0.05) is 6.92 Å². The van der Waals surface area contributed by atoms with E-state index in [1.54, 1.807) is 0 Å². The van der Waals surface area contributed by atoms with E-state index in [2.05, 4.69) is 22.4 Å². The van der Waals surface area contributed by atoms with E-state index in [-0.39, 0.29) is 11.9 Å². The number of rotatable bonds is 3. The van der Waals surface area contributed by atoms with E-state index >= 15 is 0 Å². The van der Waals surface area contributed by atoms with Crippen LogP contribution < -0.4 is 11.1 Å². The van der Waals surface area contributed by atoms with Gasteiger partial charge in [0.1, 0.15) is 0 Å². The van der Waals surface area contributed by atoms with Crippen LogP contribution >= 0.6 is 0 Å². The quantitative estimate of drug-likeness (QED) is 0.762. The summed E-state index contributed by atoms with van der Waals surface area (Å²) < 4.78 is 0. The van der Waals surface area contributed by atoms with Crippen molar-refractivity contribution in [1.29, 1.82) is 0 Å². The minimum Gasteiger partial charge on any atom is -0.395 e. The Hall–Kier alpha value is -1.52. The Balaban J connectivity index is 1.68. The first kappa shape index (κ1) is 11.6. The number of amides is 1. The lowest BCUT2D eigenvalue weighted by Gasteiger charge is -2.11. The molecule has 0 radical (unpaired) electrons. The van der Waals surface area contributed by atoms with Gasteiger partial charge in [-0.3, -0.25) is 9.89 Å². The van der Waals surface area contributed by atoms with Crippen LogP contribution in [0, 0.1) is 5.92 Å². The van der Waals surface area contributed by atoms with Crippen LogP contribution in [0.4, 0.5) is 5.69 Å². The molecule has 0 bridgehead atoms. The molecule has 98 valence electrons. The van der Waals surface area contributed by atoms with Crippen molar-refractivity contribution >= 4 is 11.6 Å². The number of carbonyl (C=O) groups excluding carboxylic acids is 1. The maximum Gasteiger partial charge on any atom is 0.274 e. The molecule has 1 heterocycles. The first-order valence-electron chi connectivity index (χ1n) is 6.79. The lowest BCUT2D eigenvalue weighted by atomic mass is 10.1. The molecule has 18 heavy (non-hydrogen) atoms. The van der Waals surface area contributed by atoms with E-state index in [4.69, 9.17) is 5.73 Å². The zero-order valence-corrected chi connectivity index (χ0v) is 10.7. The Labute approximate surface area is 107 Å². The Morgan fingerprint density at radius 1 is 1.39 bits per heavy atom. The number of carbonyl (C=O) groups is 1. The highest BCUT2D eigenvalue weighted by Crippen LogP contribution is 2.42. The van der Waals surface area contributed by atoms with Crippen molar-refractivity contribution in [2.75, 3.05) is 5.73 Å². The summed E-state index contributed by atoms with van der Waals surface area (Å²) in [4.78, 5) is 12.1. The van der Waals surface area contributed by atoms with Gasteiger partial charge in [0.2, 0.25) is 0 Å². The zero-order valence-electron chi connectivity index (χ0n) is 10.7. The Morgan fingerprint density at radius 2 is 2.17 bits per heavy atom. The van der Waals surface area contributed by atoms with Gasteiger partial charge in [-0.15, -0.1) is 0 Å². The SMILES string of the molecule is CC1CCC(NC(=O)c2n[nH]c(C3CC3)c2N)C1. The Bertz CT molecular complexity index is 464. The average Bonchev–Trinajstić information content (AvgIpc) is 2.98. The minimum atomic E-state index is -0.130. The second-order valence-corrected chi connectivity index (χ2v) is 5.76. The van der Waals surface area contributed by atoms with E-state index in [0.29, 0.717) is 23.2 Å². The fourth-order valence-corrected chi connectivity index (χ4v) is 2.81. The third-order valence-corrected chi connectivity index (χ3v) is 4.06. The topological polar surface area (TPSA) is 83.8 Å². The lowest BCUT2D eigenvalue weighted by Crippen LogP contribution is -2.33. The van der Waals surface area contributed by atoms with Crippen LogP contribution in [0.5, 0.6) is 0 Å². The van der Waals surface area contributed by atoms with Crippen LogP contribution in [0.25, 0.3) is 0 Å². The van der Waals surface area contributed by atoms with Crippen molar-refractivity contribution in [2.45, 2.75) is 51.0 Å². The molecule has 5 nitrogen and oxygen atoms in total. The fourth-order valence-electron chi connectivity index (χ4n) is 2.81. The predicted molar refractivity (Wildman–Crippen MR) is 69.2 cm³/mol. The van der Waals surface area contributed by atoms with Gasteiger partial charge >= 0.3 is 0 Å². The number of anilines is 1. The van der Waals surface area contributed by atoms with Gasteiger partial charge in [0.05, 0.1) is 11.4 Å². The normalized spacial score (nSPS) is 27.4. The molecule has 0 saturated heterocycles. The van der Waals surface area contributed by atoms with Crippen molar-refractivity contribution < 1.29 is 4.79 Å². The molecule has 5 heteroatoms. The average molecular weight is 248 g/mol. The Morgan fingerprint density at radius 3 is 2.78 bits per heavy atom. The molecule has 2 saturated carbocycles. The fraction of sp³-hybridized carbons (Fsp3) is 0.692. The van der Waals surface area contributed by atoms with Crippen molar-refractivity contribution in [3.05, 3.63) is 11.4 Å². The molecular formula is C13H20N4O. The van der Waals surface area contributed by atoms with Crippen LogP contribution in [-0.2, 0) is 0 Å². The van der Waals surface area contributed by atoms with Gasteiger partial charge in [-0.05, 0) is 38.0 Å². The van der Waals surface area contributed by atoms with E-state index in [0.717, 1.165) is 31.4 Å². The molecule has 1 aromatic rings. The second-order valence-electron chi connectivity index (χ2n) is 5.76. The molecule has 2 aliphatic rings. The monoisotopic (exact) mass is 248 g/mol. The molecule has 0 spiro atoms. The van der Waals surface area contributed by atoms with E-state index in [1.165, 1.54) is 6.42 Å². The molecule has 1 amide bonds. The van der Waals surface area contributed by atoms with Crippen LogP contribution in [0.2, 0.25) is 0 Å². The van der Waals surface area contributed by atoms with Crippen LogP contribution in [-0.4, -0.2) is 22.1 Å². The molecule has 4 N–H and O–H groups in total. The van der Waals surface area contributed by atoms with Crippen molar-refractivity contribution in [3.8, 4) is 0 Å². The third-order valence-electron chi connectivity index (χ3n) is 4.06. The van der Waals surface area contributed by atoms with Crippen LogP contribution in [0.3, 0.4) is 0 Å². The summed E-state index contributed by atoms with van der Waals surface area (Å²) in [5.74, 6) is 1.06. The van der Waals surface area contributed by atoms with Crippen molar-refractivity contribution in [3.63, 3.8) is 0 Å². The smallest absolute Gasteiger partial charge is 0.274 e. The number of nitrogen functional groups attached to an aromatic ring is 1. The number of H-pyrrole nitrogens is 1. The van der Waals surface area contributed by atoms with Gasteiger partial charge in [0.15, 0.2) is 5.69 Å². The van der Waals surface area contributed by atoms with E-state index in [9.17, 15) is 4.79 Å². The van der Waals surface area contributed by atoms with Gasteiger partial charge in [-0.2, -0.15) is 5.10 Å². The summed E-state index contributed by atoms with van der Waals surface area (Å²) in [6.07, 6.45) is 5.60. The molecule has 1 aromatic heterocycles. The number of aromatic nitrogens is 2. The third kappa shape index (κ3) is 2.09. The molecule has 2 fully saturated rings. The van der Waals surface area contributed by atoms with Gasteiger partial charge < -0.3 is 11.1 Å². The number of hydrogen-bond donors (Lipinski definition) is 3. The number of nitrogens with zero attached hydrogens (tertiary/aromatic N) is 1. The summed E-state index contributed by atoms with van der Waals surface area (Å²) in [5, 5.41) is 10.0. The van der Waals surface area contributed by atoms with Gasteiger partial charge in [0, 0.05) is 12.0 Å². The largest absolute Gasteiger partial charge is 0.395 e. The number of nitrogens with one attached hydrogen (secondary N) is 2. The summed E-state index contributed by atoms with van der Waals surface area (Å²) in [6.45, 7) is 2.22. The summed E-state index contributed by atoms with van der Waals surface area (Å²) in [7, 11) is 0. The molecular weight excluding hydrogens is 228 g/mol. The van der Waals surface area contributed by atoms with Crippen LogP contribution in [0.15, 0.2) is 0 Å². The van der Waals surface area contributed by atoms with Gasteiger partial charge in [0.25, 0.3) is 5.91 Å². The van der Waals surface area contributed by atoms with Gasteiger partial charge in [-0.25, -0.2) is 0 Å². The molecule has 2 atom stereocenters. The highest BCUT2D eigenvalue weighted by molar-refractivity contribution is 5.97. The zero-order chi connectivity index (χ0) is 12.7. The minimum absolute atomic E-state index is 0.130. The maximum atomic E-state index is 12.1. The van der Waals surface area contributed by atoms with Crippen LogP contribution in [0.1, 0.15) is 61.1 Å². The maximum absolute atomic E-state index is 12.1. The summed E-state index contributed by atoms with van der Waals surface area (Å²) >= 11 is 0. The highest BCUT2D eigenvalue weighted by Gasteiger charge is 2.31. The van der Waals surface area contributed by atoms with Crippen molar-refractivity contribution in [2.24, 2.45) is 5.92 Å². The number of aromatic amines is 1. The van der Waals surface area contributed by atoms with E-state index in [1.807, 2.05) is 0 Å². The Kier molecular flexibility index (Phi) is 2.76. The lowest BCUT2D eigenvalue weighted by molar-refractivity contribution is 0.0933.